The smallest absolute Gasteiger partial charge is 0.408 e. The summed E-state index contributed by atoms with van der Waals surface area (Å²) in [5, 5.41) is 12.7. The Balaban J connectivity index is 1.73. The second-order valence-corrected chi connectivity index (χ2v) is 5.88. The Morgan fingerprint density at radius 3 is 2.62 bits per heavy atom. The van der Waals surface area contributed by atoms with Gasteiger partial charge in [0.1, 0.15) is 6.61 Å². The van der Waals surface area contributed by atoms with Crippen LogP contribution < -0.4 is 5.32 Å². The number of carboxylic acids is 1. The number of carbonyl (C=O) groups is 2. The summed E-state index contributed by atoms with van der Waals surface area (Å²) in [6.07, 6.45) is -0.789. The van der Waals surface area contributed by atoms with Gasteiger partial charge >= 0.3 is 12.1 Å². The normalized spacial score (nSPS) is 11.7. The molecule has 0 fully saturated rings. The van der Waals surface area contributed by atoms with Crippen molar-refractivity contribution in [3.8, 4) is 0 Å². The highest BCUT2D eigenvalue weighted by Gasteiger charge is 2.23. The Bertz CT molecular complexity index is 941. The quantitative estimate of drug-likeness (QED) is 0.734. The SMILES string of the molecule is Cc1ccc2cc(C(NC(=O)OCc3ccccc3)C(=O)O)ccc2n1. The standard InChI is InChI=1S/C20H18N2O4/c1-13-7-8-15-11-16(9-10-17(15)21-13)18(19(23)24)22-20(25)26-12-14-5-3-2-4-6-14/h2-11,18H,12H2,1H3,(H,22,25)(H,23,24). The molecule has 26 heavy (non-hydrogen) atoms. The van der Waals surface area contributed by atoms with Crippen molar-refractivity contribution in [1.29, 1.82) is 0 Å². The Kier molecular flexibility index (Phi) is 5.12. The number of hydrogen-bond donors (Lipinski definition) is 2. The molecule has 1 amide bonds. The number of aliphatic carboxylic acids is 1. The Morgan fingerprint density at radius 2 is 1.88 bits per heavy atom. The highest BCUT2D eigenvalue weighted by Crippen LogP contribution is 2.20. The minimum atomic E-state index is -1.20. The van der Waals surface area contributed by atoms with Crippen molar-refractivity contribution in [2.24, 2.45) is 0 Å². The molecule has 0 spiro atoms. The number of nitrogens with one attached hydrogen (secondary N) is 1. The van der Waals surface area contributed by atoms with Crippen LogP contribution in [0.1, 0.15) is 22.9 Å². The molecule has 6 heteroatoms. The molecular formula is C20H18N2O4. The molecule has 0 radical (unpaired) electrons. The average Bonchev–Trinajstić information content (AvgIpc) is 2.64. The van der Waals surface area contributed by atoms with Gasteiger partial charge < -0.3 is 15.2 Å². The first-order valence-corrected chi connectivity index (χ1v) is 8.10. The molecule has 2 N–H and O–H groups in total. The number of nitrogens with zero attached hydrogens (tertiary/aromatic N) is 1. The minimum absolute atomic E-state index is 0.0694. The lowest BCUT2D eigenvalue weighted by Gasteiger charge is -2.15. The van der Waals surface area contributed by atoms with Gasteiger partial charge in [-0.2, -0.15) is 0 Å². The lowest BCUT2D eigenvalue weighted by Crippen LogP contribution is -2.34. The van der Waals surface area contributed by atoms with E-state index in [0.717, 1.165) is 22.2 Å². The molecule has 2 aromatic carbocycles. The van der Waals surface area contributed by atoms with Gasteiger partial charge in [0.15, 0.2) is 6.04 Å². The first-order chi connectivity index (χ1) is 12.5. The number of fused-ring (bicyclic) bond motifs is 1. The predicted molar refractivity (Wildman–Crippen MR) is 96.6 cm³/mol. The van der Waals surface area contributed by atoms with Crippen LogP contribution in [0.2, 0.25) is 0 Å². The summed E-state index contributed by atoms with van der Waals surface area (Å²) in [5.41, 5.74) is 2.92. The van der Waals surface area contributed by atoms with E-state index in [-0.39, 0.29) is 6.61 Å². The zero-order valence-electron chi connectivity index (χ0n) is 14.2. The zero-order valence-corrected chi connectivity index (χ0v) is 14.2. The molecule has 0 saturated carbocycles. The molecule has 6 nitrogen and oxygen atoms in total. The maximum Gasteiger partial charge on any atom is 0.408 e. The number of benzene rings is 2. The highest BCUT2D eigenvalue weighted by atomic mass is 16.5. The summed E-state index contributed by atoms with van der Waals surface area (Å²) < 4.78 is 5.11. The van der Waals surface area contributed by atoms with Crippen molar-refractivity contribution in [3.05, 3.63) is 77.5 Å². The van der Waals surface area contributed by atoms with E-state index in [2.05, 4.69) is 10.3 Å². The summed E-state index contributed by atoms with van der Waals surface area (Å²) in [4.78, 5) is 28.0. The van der Waals surface area contributed by atoms with Crippen LogP contribution in [0.4, 0.5) is 4.79 Å². The number of alkyl carbamates (subject to hydrolysis) is 1. The predicted octanol–water partition coefficient (Wildman–Crippen LogP) is 3.60. The van der Waals surface area contributed by atoms with Gasteiger partial charge in [-0.3, -0.25) is 4.98 Å². The Hall–Kier alpha value is -3.41. The zero-order chi connectivity index (χ0) is 18.5. The number of aromatic nitrogens is 1. The number of rotatable bonds is 5. The largest absolute Gasteiger partial charge is 0.479 e. The van der Waals surface area contributed by atoms with Crippen molar-refractivity contribution in [3.63, 3.8) is 0 Å². The summed E-state index contributed by atoms with van der Waals surface area (Å²) in [5.74, 6) is -1.17. The van der Waals surface area contributed by atoms with E-state index in [1.807, 2.05) is 49.4 Å². The van der Waals surface area contributed by atoms with E-state index < -0.39 is 18.1 Å². The van der Waals surface area contributed by atoms with Gasteiger partial charge in [-0.1, -0.05) is 42.5 Å². The number of amides is 1. The molecule has 0 saturated heterocycles. The second-order valence-electron chi connectivity index (χ2n) is 5.88. The lowest BCUT2D eigenvalue weighted by molar-refractivity contribution is -0.139. The number of carbonyl (C=O) groups excluding carboxylic acids is 1. The third-order valence-electron chi connectivity index (χ3n) is 3.91. The molecule has 3 rings (SSSR count). The number of carboxylic acid groups (broad SMARTS) is 1. The monoisotopic (exact) mass is 350 g/mol. The van der Waals surface area contributed by atoms with Crippen molar-refractivity contribution in [1.82, 2.24) is 10.3 Å². The van der Waals surface area contributed by atoms with Gasteiger partial charge in [0.05, 0.1) is 5.52 Å². The van der Waals surface area contributed by atoms with Crippen molar-refractivity contribution < 1.29 is 19.4 Å². The van der Waals surface area contributed by atoms with Crippen molar-refractivity contribution in [2.75, 3.05) is 0 Å². The van der Waals surface area contributed by atoms with Crippen LogP contribution in [-0.4, -0.2) is 22.2 Å². The Morgan fingerprint density at radius 1 is 1.12 bits per heavy atom. The van der Waals surface area contributed by atoms with Crippen LogP contribution in [0.3, 0.4) is 0 Å². The maximum atomic E-state index is 12.0. The van der Waals surface area contributed by atoms with E-state index >= 15 is 0 Å². The fourth-order valence-corrected chi connectivity index (χ4v) is 2.60. The summed E-state index contributed by atoms with van der Waals surface area (Å²) in [6, 6.07) is 16.8. The average molecular weight is 350 g/mol. The molecule has 0 aliphatic carbocycles. The van der Waals surface area contributed by atoms with Gasteiger partial charge in [-0.25, -0.2) is 9.59 Å². The van der Waals surface area contributed by atoms with Gasteiger partial charge in [-0.15, -0.1) is 0 Å². The number of ether oxygens (including phenoxy) is 1. The molecule has 1 aromatic heterocycles. The van der Waals surface area contributed by atoms with E-state index in [1.54, 1.807) is 18.2 Å². The van der Waals surface area contributed by atoms with Crippen LogP contribution >= 0.6 is 0 Å². The van der Waals surface area contributed by atoms with E-state index in [4.69, 9.17) is 4.74 Å². The third kappa shape index (κ3) is 4.16. The first kappa shape index (κ1) is 17.4. The summed E-state index contributed by atoms with van der Waals surface area (Å²) in [7, 11) is 0. The van der Waals surface area contributed by atoms with E-state index in [1.165, 1.54) is 0 Å². The van der Waals surface area contributed by atoms with Crippen molar-refractivity contribution >= 4 is 23.0 Å². The molecular weight excluding hydrogens is 332 g/mol. The second kappa shape index (κ2) is 7.65. The highest BCUT2D eigenvalue weighted by molar-refractivity contribution is 5.85. The first-order valence-electron chi connectivity index (χ1n) is 8.10. The van der Waals surface area contributed by atoms with Crippen LogP contribution in [0.25, 0.3) is 10.9 Å². The minimum Gasteiger partial charge on any atom is -0.479 e. The Labute approximate surface area is 150 Å². The van der Waals surface area contributed by atoms with Gasteiger partial charge in [0, 0.05) is 11.1 Å². The van der Waals surface area contributed by atoms with Gasteiger partial charge in [0.2, 0.25) is 0 Å². The van der Waals surface area contributed by atoms with E-state index in [9.17, 15) is 14.7 Å². The van der Waals surface area contributed by atoms with E-state index in [0.29, 0.717) is 5.56 Å². The molecule has 0 bridgehead atoms. The summed E-state index contributed by atoms with van der Waals surface area (Å²) in [6.45, 7) is 1.96. The van der Waals surface area contributed by atoms with Crippen LogP contribution in [0, 0.1) is 6.92 Å². The fourth-order valence-electron chi connectivity index (χ4n) is 2.60. The molecule has 3 aromatic rings. The van der Waals surface area contributed by atoms with Crippen LogP contribution in [0.15, 0.2) is 60.7 Å². The molecule has 1 heterocycles. The molecule has 1 unspecified atom stereocenters. The number of hydrogen-bond acceptors (Lipinski definition) is 4. The molecule has 1 atom stereocenters. The van der Waals surface area contributed by atoms with Crippen molar-refractivity contribution in [2.45, 2.75) is 19.6 Å². The lowest BCUT2D eigenvalue weighted by atomic mass is 10.0. The molecule has 0 aliphatic rings. The van der Waals surface area contributed by atoms with Gasteiger partial charge in [-0.05, 0) is 36.2 Å². The third-order valence-corrected chi connectivity index (χ3v) is 3.91. The molecule has 132 valence electrons. The summed E-state index contributed by atoms with van der Waals surface area (Å²) >= 11 is 0. The maximum absolute atomic E-state index is 12.0. The molecule has 0 aliphatic heterocycles. The number of pyridine rings is 1. The number of aryl methyl sites for hydroxylation is 1. The van der Waals surface area contributed by atoms with Crippen LogP contribution in [0.5, 0.6) is 0 Å². The van der Waals surface area contributed by atoms with Gasteiger partial charge in [0.25, 0.3) is 0 Å². The fraction of sp³-hybridized carbons (Fsp3) is 0.150. The van der Waals surface area contributed by atoms with Crippen LogP contribution in [-0.2, 0) is 16.1 Å². The topological polar surface area (TPSA) is 88.5 Å².